The maximum absolute atomic E-state index is 12.3. The minimum atomic E-state index is -3.55. The number of hydrogen-bond donors (Lipinski definition) is 2. The summed E-state index contributed by atoms with van der Waals surface area (Å²) in [7, 11) is -0.579. The van der Waals surface area contributed by atoms with Gasteiger partial charge in [-0.1, -0.05) is 0 Å². The molecule has 7 nitrogen and oxygen atoms in total. The molecule has 1 saturated heterocycles. The Morgan fingerprint density at radius 3 is 2.81 bits per heavy atom. The van der Waals surface area contributed by atoms with E-state index in [-0.39, 0.29) is 22.9 Å². The van der Waals surface area contributed by atoms with E-state index in [0.717, 1.165) is 19.4 Å². The monoisotopic (exact) mass is 315 g/mol. The van der Waals surface area contributed by atoms with Crippen molar-refractivity contribution in [3.63, 3.8) is 0 Å². The predicted molar refractivity (Wildman–Crippen MR) is 77.6 cm³/mol. The summed E-state index contributed by atoms with van der Waals surface area (Å²) in [5.74, 6) is -0.307. The van der Waals surface area contributed by atoms with E-state index in [1.807, 2.05) is 6.92 Å². The lowest BCUT2D eigenvalue weighted by Crippen LogP contribution is -2.41. The van der Waals surface area contributed by atoms with Gasteiger partial charge in [-0.25, -0.2) is 13.1 Å². The van der Waals surface area contributed by atoms with Gasteiger partial charge < -0.3 is 14.6 Å². The summed E-state index contributed by atoms with van der Waals surface area (Å²) in [6.07, 6.45) is 3.36. The number of nitrogens with one attached hydrogen (secondary N) is 2. The Bertz CT molecular complexity index is 617. The fraction of sp³-hybridized carbons (Fsp3) is 0.615. The van der Waals surface area contributed by atoms with Crippen LogP contribution in [0.25, 0.3) is 0 Å². The largest absolute Gasteiger partial charge is 0.376 e. The van der Waals surface area contributed by atoms with Gasteiger partial charge in [-0.3, -0.25) is 4.79 Å². The van der Waals surface area contributed by atoms with Crippen molar-refractivity contribution >= 4 is 15.9 Å². The molecule has 0 bridgehead atoms. The molecule has 2 rings (SSSR count). The summed E-state index contributed by atoms with van der Waals surface area (Å²) in [4.78, 5) is 12.3. The Labute approximate surface area is 124 Å². The summed E-state index contributed by atoms with van der Waals surface area (Å²) in [5.41, 5.74) is 0.300. The summed E-state index contributed by atoms with van der Waals surface area (Å²) >= 11 is 0. The second kappa shape index (κ2) is 6.17. The highest BCUT2D eigenvalue weighted by atomic mass is 32.2. The first-order valence-electron chi connectivity index (χ1n) is 6.87. The number of ether oxygens (including phenoxy) is 1. The number of sulfonamides is 1. The maximum atomic E-state index is 12.3. The van der Waals surface area contributed by atoms with Crippen LogP contribution < -0.4 is 10.0 Å². The van der Waals surface area contributed by atoms with E-state index in [2.05, 4.69) is 10.0 Å². The van der Waals surface area contributed by atoms with Crippen LogP contribution in [-0.4, -0.2) is 44.7 Å². The van der Waals surface area contributed by atoms with Crippen LogP contribution in [0.3, 0.4) is 0 Å². The highest BCUT2D eigenvalue weighted by Crippen LogP contribution is 2.17. The highest BCUT2D eigenvalue weighted by molar-refractivity contribution is 7.89. The number of carbonyl (C=O) groups excluding carboxylic acids is 1. The Hall–Kier alpha value is -1.38. The molecule has 0 aromatic carbocycles. The smallest absolute Gasteiger partial charge is 0.268 e. The first-order valence-corrected chi connectivity index (χ1v) is 8.36. The third kappa shape index (κ3) is 3.45. The van der Waals surface area contributed by atoms with E-state index < -0.39 is 10.0 Å². The van der Waals surface area contributed by atoms with Gasteiger partial charge in [0.2, 0.25) is 10.0 Å². The Balaban J connectivity index is 2.12. The molecule has 2 atom stereocenters. The maximum Gasteiger partial charge on any atom is 0.268 e. The van der Waals surface area contributed by atoms with Crippen molar-refractivity contribution in [3.05, 3.63) is 18.0 Å². The molecule has 0 spiro atoms. The van der Waals surface area contributed by atoms with Crippen molar-refractivity contribution in [2.75, 3.05) is 13.7 Å². The van der Waals surface area contributed by atoms with E-state index in [4.69, 9.17) is 4.74 Å². The SMILES string of the molecule is CNS(=O)(=O)c1cc(C(=O)N[C@H](C)[C@H]2CCCO2)n(C)c1. The molecule has 0 aliphatic carbocycles. The van der Waals surface area contributed by atoms with Crippen LogP contribution in [0.1, 0.15) is 30.3 Å². The molecule has 1 aliphatic rings. The van der Waals surface area contributed by atoms with Crippen molar-refractivity contribution in [3.8, 4) is 0 Å². The Morgan fingerprint density at radius 1 is 1.52 bits per heavy atom. The molecular formula is C13H21N3O4S. The second-order valence-electron chi connectivity index (χ2n) is 5.19. The van der Waals surface area contributed by atoms with Crippen LogP contribution in [0.2, 0.25) is 0 Å². The molecule has 1 fully saturated rings. The highest BCUT2D eigenvalue weighted by Gasteiger charge is 2.25. The minimum Gasteiger partial charge on any atom is -0.376 e. The van der Waals surface area contributed by atoms with Gasteiger partial charge in [-0.2, -0.15) is 0 Å². The predicted octanol–water partition coefficient (Wildman–Crippen LogP) is 0.231. The zero-order valence-electron chi connectivity index (χ0n) is 12.4. The third-order valence-corrected chi connectivity index (χ3v) is 5.05. The lowest BCUT2D eigenvalue weighted by molar-refractivity contribution is 0.0707. The third-order valence-electron chi connectivity index (χ3n) is 3.67. The van der Waals surface area contributed by atoms with Crippen molar-refractivity contribution in [1.29, 1.82) is 0 Å². The molecule has 21 heavy (non-hydrogen) atoms. The van der Waals surface area contributed by atoms with Gasteiger partial charge in [0.25, 0.3) is 5.91 Å². The van der Waals surface area contributed by atoms with Gasteiger partial charge in [0, 0.05) is 19.9 Å². The molecule has 118 valence electrons. The number of amides is 1. The van der Waals surface area contributed by atoms with Crippen molar-refractivity contribution in [1.82, 2.24) is 14.6 Å². The normalized spacial score (nSPS) is 20.4. The molecule has 1 aliphatic heterocycles. The molecule has 2 heterocycles. The van der Waals surface area contributed by atoms with Crippen LogP contribution in [0.4, 0.5) is 0 Å². The minimum absolute atomic E-state index is 0.0229. The fourth-order valence-electron chi connectivity index (χ4n) is 2.40. The lowest BCUT2D eigenvalue weighted by atomic mass is 10.1. The molecule has 0 radical (unpaired) electrons. The number of aryl methyl sites for hydroxylation is 1. The summed E-state index contributed by atoms with van der Waals surface area (Å²) < 4.78 is 32.8. The standard InChI is InChI=1S/C13H21N3O4S/c1-9(12-5-4-6-20-12)15-13(17)11-7-10(8-16(11)3)21(18,19)14-2/h7-9,12,14H,4-6H2,1-3H3,(H,15,17)/t9-,12-/m1/s1. The van der Waals surface area contributed by atoms with E-state index >= 15 is 0 Å². The number of rotatable bonds is 5. The van der Waals surface area contributed by atoms with Gasteiger partial charge >= 0.3 is 0 Å². The molecule has 0 saturated carbocycles. The Kier molecular flexibility index (Phi) is 4.70. The number of hydrogen-bond acceptors (Lipinski definition) is 4. The van der Waals surface area contributed by atoms with Crippen molar-refractivity contribution < 1.29 is 17.9 Å². The quantitative estimate of drug-likeness (QED) is 0.814. The number of nitrogens with zero attached hydrogens (tertiary/aromatic N) is 1. The van der Waals surface area contributed by atoms with Crippen molar-refractivity contribution in [2.24, 2.45) is 7.05 Å². The van der Waals surface area contributed by atoms with Gasteiger partial charge in [0.05, 0.1) is 12.1 Å². The zero-order valence-corrected chi connectivity index (χ0v) is 13.2. The van der Waals surface area contributed by atoms with Crippen LogP contribution in [0, 0.1) is 0 Å². The molecular weight excluding hydrogens is 294 g/mol. The summed E-state index contributed by atoms with van der Waals surface area (Å²) in [6, 6.07) is 1.25. The van der Waals surface area contributed by atoms with Crippen molar-refractivity contribution in [2.45, 2.75) is 36.8 Å². The van der Waals surface area contributed by atoms with E-state index in [1.54, 1.807) is 7.05 Å². The lowest BCUT2D eigenvalue weighted by Gasteiger charge is -2.20. The van der Waals surface area contributed by atoms with Crippen LogP contribution in [0.15, 0.2) is 17.2 Å². The zero-order chi connectivity index (χ0) is 15.6. The average molecular weight is 315 g/mol. The number of carbonyl (C=O) groups is 1. The van der Waals surface area contributed by atoms with Gasteiger partial charge in [0.1, 0.15) is 10.6 Å². The van der Waals surface area contributed by atoms with E-state index in [1.165, 1.54) is 23.9 Å². The molecule has 0 unspecified atom stereocenters. The van der Waals surface area contributed by atoms with Gasteiger partial charge in [-0.05, 0) is 32.9 Å². The van der Waals surface area contributed by atoms with E-state index in [9.17, 15) is 13.2 Å². The van der Waals surface area contributed by atoms with E-state index in [0.29, 0.717) is 5.69 Å². The van der Waals surface area contributed by atoms with Gasteiger partial charge in [-0.15, -0.1) is 0 Å². The van der Waals surface area contributed by atoms with Crippen LogP contribution >= 0.6 is 0 Å². The molecule has 8 heteroatoms. The molecule has 2 N–H and O–H groups in total. The molecule has 1 aromatic heterocycles. The van der Waals surface area contributed by atoms with Crippen LogP contribution in [-0.2, 0) is 21.8 Å². The summed E-state index contributed by atoms with van der Waals surface area (Å²) in [5, 5.41) is 2.86. The first-order chi connectivity index (χ1) is 9.85. The average Bonchev–Trinajstić information content (AvgIpc) is 3.07. The molecule has 1 amide bonds. The van der Waals surface area contributed by atoms with Gasteiger partial charge in [0.15, 0.2) is 0 Å². The fourth-order valence-corrected chi connectivity index (χ4v) is 3.19. The number of aromatic nitrogens is 1. The first kappa shape index (κ1) is 16.0. The van der Waals surface area contributed by atoms with Crippen LogP contribution in [0.5, 0.6) is 0 Å². The Morgan fingerprint density at radius 2 is 2.24 bits per heavy atom. The topological polar surface area (TPSA) is 89.4 Å². The second-order valence-corrected chi connectivity index (χ2v) is 7.08. The molecule has 1 aromatic rings. The summed E-state index contributed by atoms with van der Waals surface area (Å²) in [6.45, 7) is 2.61.